The van der Waals surface area contributed by atoms with E-state index in [1.54, 1.807) is 0 Å². The summed E-state index contributed by atoms with van der Waals surface area (Å²) in [6.07, 6.45) is 0. The molecular formula is C18H33IN4O. The molecule has 0 aliphatic heterocycles. The number of aliphatic imine (C=N–C) groups is 1. The second-order valence-electron chi connectivity index (χ2n) is 5.56. The summed E-state index contributed by atoms with van der Waals surface area (Å²) >= 11 is 0. The molecule has 5 nitrogen and oxygen atoms in total. The number of halogens is 1. The van der Waals surface area contributed by atoms with Crippen LogP contribution in [0.2, 0.25) is 0 Å². The summed E-state index contributed by atoms with van der Waals surface area (Å²) in [5.74, 6) is 1.87. The van der Waals surface area contributed by atoms with Gasteiger partial charge in [0.2, 0.25) is 0 Å². The molecule has 0 bridgehead atoms. The Bertz CT molecular complexity index is 465. The second kappa shape index (κ2) is 13.3. The van der Waals surface area contributed by atoms with Crippen LogP contribution in [-0.4, -0.2) is 62.6 Å². The number of ether oxygens (including phenoxy) is 1. The molecule has 6 heteroatoms. The minimum absolute atomic E-state index is 0. The van der Waals surface area contributed by atoms with E-state index in [0.717, 1.165) is 44.4 Å². The number of hydrogen-bond donors (Lipinski definition) is 1. The van der Waals surface area contributed by atoms with E-state index >= 15 is 0 Å². The third-order valence-electron chi connectivity index (χ3n) is 3.63. The van der Waals surface area contributed by atoms with E-state index in [4.69, 9.17) is 9.73 Å². The Labute approximate surface area is 164 Å². The summed E-state index contributed by atoms with van der Waals surface area (Å²) in [5, 5.41) is 3.36. The maximum atomic E-state index is 5.48. The Morgan fingerprint density at radius 3 is 2.33 bits per heavy atom. The van der Waals surface area contributed by atoms with Gasteiger partial charge in [0.05, 0.1) is 13.2 Å². The van der Waals surface area contributed by atoms with Crippen LogP contribution in [0.3, 0.4) is 0 Å². The lowest BCUT2D eigenvalue weighted by Crippen LogP contribution is -2.39. The number of hydrogen-bond acceptors (Lipinski definition) is 3. The maximum Gasteiger partial charge on any atom is 0.194 e. The van der Waals surface area contributed by atoms with Crippen LogP contribution in [0.15, 0.2) is 29.3 Å². The molecule has 24 heavy (non-hydrogen) atoms. The first kappa shape index (κ1) is 23.0. The molecule has 0 aromatic heterocycles. The molecule has 0 saturated carbocycles. The fraction of sp³-hybridized carbons (Fsp3) is 0.611. The average molecular weight is 448 g/mol. The number of nitrogens with one attached hydrogen (secondary N) is 1. The standard InChI is InChI=1S/C18H32N4O.HI/c1-6-19-18(20-13-14-21(4)7-2)22(5)15-16-9-11-17(12-10-16)23-8-3;/h9-12H,6-8,13-15H2,1-5H3,(H,19,20);1H. The molecule has 1 aromatic rings. The van der Waals surface area contributed by atoms with Crippen molar-refractivity contribution in [3.8, 4) is 5.75 Å². The van der Waals surface area contributed by atoms with Crippen LogP contribution in [0, 0.1) is 0 Å². The first-order chi connectivity index (χ1) is 11.1. The Morgan fingerprint density at radius 2 is 1.79 bits per heavy atom. The van der Waals surface area contributed by atoms with Gasteiger partial charge in [-0.05, 0) is 45.1 Å². The lowest BCUT2D eigenvalue weighted by atomic mass is 10.2. The van der Waals surface area contributed by atoms with Gasteiger partial charge in [0.15, 0.2) is 5.96 Å². The smallest absolute Gasteiger partial charge is 0.194 e. The summed E-state index contributed by atoms with van der Waals surface area (Å²) in [5.41, 5.74) is 1.24. The number of benzene rings is 1. The summed E-state index contributed by atoms with van der Waals surface area (Å²) in [4.78, 5) is 9.13. The quantitative estimate of drug-likeness (QED) is 0.358. The normalized spacial score (nSPS) is 11.2. The van der Waals surface area contributed by atoms with Gasteiger partial charge in [-0.2, -0.15) is 0 Å². The highest BCUT2D eigenvalue weighted by molar-refractivity contribution is 14.0. The van der Waals surface area contributed by atoms with Crippen LogP contribution in [0.1, 0.15) is 26.3 Å². The van der Waals surface area contributed by atoms with Crippen molar-refractivity contribution in [3.63, 3.8) is 0 Å². The molecule has 0 aliphatic carbocycles. The Balaban J connectivity index is 0.00000529. The Morgan fingerprint density at radius 1 is 1.12 bits per heavy atom. The van der Waals surface area contributed by atoms with Crippen molar-refractivity contribution >= 4 is 29.9 Å². The molecule has 0 aliphatic rings. The van der Waals surface area contributed by atoms with Gasteiger partial charge in [-0.15, -0.1) is 24.0 Å². The monoisotopic (exact) mass is 448 g/mol. The first-order valence-corrected chi connectivity index (χ1v) is 8.50. The lowest BCUT2D eigenvalue weighted by Gasteiger charge is -2.22. The summed E-state index contributed by atoms with van der Waals surface area (Å²) in [6, 6.07) is 8.26. The molecule has 1 N–H and O–H groups in total. The predicted molar refractivity (Wildman–Crippen MR) is 114 cm³/mol. The summed E-state index contributed by atoms with van der Waals surface area (Å²) in [7, 11) is 4.19. The third-order valence-corrected chi connectivity index (χ3v) is 3.63. The molecule has 0 spiro atoms. The maximum absolute atomic E-state index is 5.48. The van der Waals surface area contributed by atoms with Crippen molar-refractivity contribution < 1.29 is 4.74 Å². The van der Waals surface area contributed by atoms with E-state index in [1.807, 2.05) is 19.1 Å². The van der Waals surface area contributed by atoms with Crippen molar-refractivity contribution in [1.29, 1.82) is 0 Å². The number of guanidine groups is 1. The highest BCUT2D eigenvalue weighted by Gasteiger charge is 2.07. The van der Waals surface area contributed by atoms with E-state index in [2.05, 4.69) is 55.2 Å². The molecule has 1 aromatic carbocycles. The highest BCUT2D eigenvalue weighted by Crippen LogP contribution is 2.13. The molecule has 1 rings (SSSR count). The fourth-order valence-corrected chi connectivity index (χ4v) is 2.16. The van der Waals surface area contributed by atoms with Crippen molar-refractivity contribution in [2.24, 2.45) is 4.99 Å². The Hall–Kier alpha value is -1.02. The van der Waals surface area contributed by atoms with Crippen LogP contribution >= 0.6 is 24.0 Å². The van der Waals surface area contributed by atoms with Crippen molar-refractivity contribution in [2.45, 2.75) is 27.3 Å². The SMILES string of the molecule is CCNC(=NCCN(C)CC)N(C)Cc1ccc(OCC)cc1.I. The number of rotatable bonds is 9. The fourth-order valence-electron chi connectivity index (χ4n) is 2.16. The zero-order valence-electron chi connectivity index (χ0n) is 15.7. The molecule has 0 heterocycles. The van der Waals surface area contributed by atoms with Crippen LogP contribution in [-0.2, 0) is 6.54 Å². The van der Waals surface area contributed by atoms with E-state index in [9.17, 15) is 0 Å². The highest BCUT2D eigenvalue weighted by atomic mass is 127. The van der Waals surface area contributed by atoms with Crippen molar-refractivity contribution in [2.75, 3.05) is 46.9 Å². The minimum atomic E-state index is 0. The number of likely N-dealkylation sites (N-methyl/N-ethyl adjacent to an activating group) is 1. The van der Waals surface area contributed by atoms with Crippen LogP contribution in [0.4, 0.5) is 0 Å². The van der Waals surface area contributed by atoms with Crippen LogP contribution in [0.5, 0.6) is 5.75 Å². The molecule has 0 amide bonds. The van der Waals surface area contributed by atoms with Gasteiger partial charge in [0, 0.05) is 26.7 Å². The van der Waals surface area contributed by atoms with Crippen LogP contribution < -0.4 is 10.1 Å². The molecule has 0 unspecified atom stereocenters. The van der Waals surface area contributed by atoms with E-state index in [1.165, 1.54) is 5.56 Å². The molecule has 0 fully saturated rings. The topological polar surface area (TPSA) is 40.1 Å². The Kier molecular flexibility index (Phi) is 12.7. The van der Waals surface area contributed by atoms with Gasteiger partial charge in [-0.1, -0.05) is 19.1 Å². The predicted octanol–water partition coefficient (Wildman–Crippen LogP) is 3.05. The average Bonchev–Trinajstić information content (AvgIpc) is 2.55. The molecular weight excluding hydrogens is 415 g/mol. The third kappa shape index (κ3) is 8.73. The summed E-state index contributed by atoms with van der Waals surface area (Å²) < 4.78 is 5.48. The van der Waals surface area contributed by atoms with Gasteiger partial charge >= 0.3 is 0 Å². The largest absolute Gasteiger partial charge is 0.494 e. The minimum Gasteiger partial charge on any atom is -0.494 e. The van der Waals surface area contributed by atoms with E-state index in [0.29, 0.717) is 6.61 Å². The molecule has 0 atom stereocenters. The lowest BCUT2D eigenvalue weighted by molar-refractivity contribution is 0.340. The second-order valence-corrected chi connectivity index (χ2v) is 5.56. The molecule has 0 saturated heterocycles. The zero-order chi connectivity index (χ0) is 17.1. The van der Waals surface area contributed by atoms with Gasteiger partial charge in [-0.3, -0.25) is 4.99 Å². The molecule has 0 radical (unpaired) electrons. The van der Waals surface area contributed by atoms with Crippen LogP contribution in [0.25, 0.3) is 0 Å². The summed E-state index contributed by atoms with van der Waals surface area (Å²) in [6.45, 7) is 11.5. The van der Waals surface area contributed by atoms with Gasteiger partial charge in [0.1, 0.15) is 5.75 Å². The first-order valence-electron chi connectivity index (χ1n) is 8.50. The van der Waals surface area contributed by atoms with Crippen molar-refractivity contribution in [1.82, 2.24) is 15.1 Å². The van der Waals surface area contributed by atoms with E-state index in [-0.39, 0.29) is 24.0 Å². The van der Waals surface area contributed by atoms with Crippen molar-refractivity contribution in [3.05, 3.63) is 29.8 Å². The molecule has 138 valence electrons. The van der Waals surface area contributed by atoms with Gasteiger partial charge in [0.25, 0.3) is 0 Å². The number of nitrogens with zero attached hydrogens (tertiary/aromatic N) is 3. The van der Waals surface area contributed by atoms with E-state index < -0.39 is 0 Å². The van der Waals surface area contributed by atoms with Gasteiger partial charge < -0.3 is 19.9 Å². The van der Waals surface area contributed by atoms with Gasteiger partial charge in [-0.25, -0.2) is 0 Å². The zero-order valence-corrected chi connectivity index (χ0v) is 18.0.